The molecule has 0 unspecified atom stereocenters. The van der Waals surface area contributed by atoms with Gasteiger partial charge in [0.1, 0.15) is 18.1 Å². The number of carbonyl (C=O) groups excluding carboxylic acids is 1. The lowest BCUT2D eigenvalue weighted by Gasteiger charge is -2.34. The second-order valence-corrected chi connectivity index (χ2v) is 11.1. The first-order chi connectivity index (χ1) is 19.1. The van der Waals surface area contributed by atoms with Gasteiger partial charge >= 0.3 is 0 Å². The number of piperazine rings is 1. The van der Waals surface area contributed by atoms with Gasteiger partial charge in [-0.25, -0.2) is 0 Å². The lowest BCUT2D eigenvalue weighted by Crippen LogP contribution is -2.47. The topological polar surface area (TPSA) is 46.9 Å². The zero-order valence-electron chi connectivity index (χ0n) is 22.6. The number of aryl methyl sites for hydroxylation is 1. The number of Topliss-reactive ketones (excluding diaryl/α,β-unsaturated/α-hetero) is 1. The number of halogens is 1. The quantitative estimate of drug-likeness (QED) is 0.212. The van der Waals surface area contributed by atoms with Crippen molar-refractivity contribution >= 4 is 39.1 Å². The number of aromatic nitrogens is 1. The lowest BCUT2D eigenvalue weighted by atomic mass is 10.1. The SMILES string of the molecule is COc1cccc2c(C(=O)C3CC3)cn(CCCN3CCN(CCOc4ccc(Cl)c5ccccc45)CC3)c12. The molecule has 4 aromatic rings. The third kappa shape index (κ3) is 5.65. The van der Waals surface area contributed by atoms with Crippen LogP contribution < -0.4 is 9.47 Å². The van der Waals surface area contributed by atoms with Crippen molar-refractivity contribution < 1.29 is 14.3 Å². The summed E-state index contributed by atoms with van der Waals surface area (Å²) in [6.45, 7) is 7.71. The Morgan fingerprint density at radius 2 is 1.56 bits per heavy atom. The first kappa shape index (κ1) is 26.2. The van der Waals surface area contributed by atoms with E-state index in [1.54, 1.807) is 7.11 Å². The molecule has 0 atom stereocenters. The maximum atomic E-state index is 12.9. The summed E-state index contributed by atoms with van der Waals surface area (Å²) in [7, 11) is 1.71. The molecule has 0 spiro atoms. The highest BCUT2D eigenvalue weighted by molar-refractivity contribution is 6.35. The van der Waals surface area contributed by atoms with E-state index < -0.39 is 0 Å². The van der Waals surface area contributed by atoms with Crippen LogP contribution in [0.1, 0.15) is 29.6 Å². The van der Waals surface area contributed by atoms with Gasteiger partial charge in [0.2, 0.25) is 0 Å². The summed E-state index contributed by atoms with van der Waals surface area (Å²) in [4.78, 5) is 18.0. The number of benzene rings is 3. The van der Waals surface area contributed by atoms with Crippen LogP contribution in [0.5, 0.6) is 11.5 Å². The highest BCUT2D eigenvalue weighted by Crippen LogP contribution is 2.37. The van der Waals surface area contributed by atoms with E-state index in [4.69, 9.17) is 21.1 Å². The Bertz CT molecular complexity index is 1470. The van der Waals surface area contributed by atoms with Crippen LogP contribution in [-0.4, -0.2) is 73.1 Å². The van der Waals surface area contributed by atoms with Gasteiger partial charge in [-0.05, 0) is 44.0 Å². The summed E-state index contributed by atoms with van der Waals surface area (Å²) in [5, 5.41) is 3.87. The molecule has 1 aromatic heterocycles. The molecule has 39 heavy (non-hydrogen) atoms. The van der Waals surface area contributed by atoms with Crippen molar-refractivity contribution in [2.75, 3.05) is 53.0 Å². The van der Waals surface area contributed by atoms with E-state index in [1.807, 2.05) is 42.5 Å². The maximum Gasteiger partial charge on any atom is 0.168 e. The summed E-state index contributed by atoms with van der Waals surface area (Å²) < 4.78 is 14.1. The second kappa shape index (κ2) is 11.6. The van der Waals surface area contributed by atoms with Crippen LogP contribution in [0.25, 0.3) is 21.7 Å². The fraction of sp³-hybridized carbons (Fsp3) is 0.406. The van der Waals surface area contributed by atoms with Crippen molar-refractivity contribution in [3.05, 3.63) is 71.4 Å². The van der Waals surface area contributed by atoms with Crippen LogP contribution in [0, 0.1) is 5.92 Å². The second-order valence-electron chi connectivity index (χ2n) is 10.7. The minimum Gasteiger partial charge on any atom is -0.495 e. The molecule has 2 heterocycles. The smallest absolute Gasteiger partial charge is 0.168 e. The molecule has 0 radical (unpaired) electrons. The van der Waals surface area contributed by atoms with Crippen LogP contribution in [0.15, 0.2) is 60.8 Å². The van der Waals surface area contributed by atoms with Gasteiger partial charge in [-0.1, -0.05) is 48.0 Å². The van der Waals surface area contributed by atoms with Crippen LogP contribution >= 0.6 is 11.6 Å². The third-order valence-electron chi connectivity index (χ3n) is 8.13. The lowest BCUT2D eigenvalue weighted by molar-refractivity contribution is 0.0969. The number of rotatable bonds is 11. The molecule has 1 saturated heterocycles. The van der Waals surface area contributed by atoms with Gasteiger partial charge in [0.25, 0.3) is 0 Å². The molecular formula is C32H36ClN3O3. The molecule has 6 rings (SSSR count). The van der Waals surface area contributed by atoms with Crippen molar-refractivity contribution in [3.8, 4) is 11.5 Å². The number of hydrogen-bond acceptors (Lipinski definition) is 5. The number of methoxy groups -OCH3 is 1. The maximum absolute atomic E-state index is 12.9. The highest BCUT2D eigenvalue weighted by atomic mass is 35.5. The average Bonchev–Trinajstić information content (AvgIpc) is 3.76. The molecule has 2 fully saturated rings. The van der Waals surface area contributed by atoms with E-state index in [-0.39, 0.29) is 11.7 Å². The summed E-state index contributed by atoms with van der Waals surface area (Å²) in [5.41, 5.74) is 1.90. The molecule has 1 aliphatic carbocycles. The van der Waals surface area contributed by atoms with Gasteiger partial charge in [0.05, 0.1) is 12.6 Å². The molecule has 6 nitrogen and oxygen atoms in total. The number of hydrogen-bond donors (Lipinski definition) is 0. The van der Waals surface area contributed by atoms with Gasteiger partial charge < -0.3 is 18.9 Å². The minimum absolute atomic E-state index is 0.211. The molecule has 0 bridgehead atoms. The number of para-hydroxylation sites is 1. The molecule has 204 valence electrons. The fourth-order valence-corrected chi connectivity index (χ4v) is 6.00. The number of ether oxygens (including phenoxy) is 2. The predicted octanol–water partition coefficient (Wildman–Crippen LogP) is 6.14. The number of nitrogens with zero attached hydrogens (tertiary/aromatic N) is 3. The monoisotopic (exact) mass is 545 g/mol. The summed E-state index contributed by atoms with van der Waals surface area (Å²) in [6.07, 6.45) is 5.14. The Kier molecular flexibility index (Phi) is 7.78. The van der Waals surface area contributed by atoms with E-state index in [0.717, 1.165) is 109 Å². The summed E-state index contributed by atoms with van der Waals surface area (Å²) >= 11 is 6.35. The average molecular weight is 546 g/mol. The molecular weight excluding hydrogens is 510 g/mol. The van der Waals surface area contributed by atoms with E-state index >= 15 is 0 Å². The summed E-state index contributed by atoms with van der Waals surface area (Å²) in [5.74, 6) is 2.23. The third-order valence-corrected chi connectivity index (χ3v) is 8.46. The number of ketones is 1. The Labute approximate surface area is 235 Å². The Balaban J connectivity index is 0.991. The van der Waals surface area contributed by atoms with E-state index in [1.165, 1.54) is 0 Å². The molecule has 0 N–H and O–H groups in total. The van der Waals surface area contributed by atoms with Gasteiger partial charge in [-0.3, -0.25) is 9.69 Å². The molecule has 0 amide bonds. The van der Waals surface area contributed by atoms with Crippen molar-refractivity contribution in [3.63, 3.8) is 0 Å². The summed E-state index contributed by atoms with van der Waals surface area (Å²) in [6, 6.07) is 18.0. The van der Waals surface area contributed by atoms with Crippen LogP contribution in [0.3, 0.4) is 0 Å². The molecule has 1 aliphatic heterocycles. The first-order valence-electron chi connectivity index (χ1n) is 14.1. The van der Waals surface area contributed by atoms with Gasteiger partial charge in [0, 0.05) is 78.1 Å². The molecule has 7 heteroatoms. The van der Waals surface area contributed by atoms with Crippen LogP contribution in [0.2, 0.25) is 5.02 Å². The van der Waals surface area contributed by atoms with Crippen molar-refractivity contribution in [1.82, 2.24) is 14.4 Å². The minimum atomic E-state index is 0.211. The normalized spacial score (nSPS) is 16.7. The number of carbonyl (C=O) groups is 1. The van der Waals surface area contributed by atoms with E-state index in [2.05, 4.69) is 32.7 Å². The Hall–Kier alpha value is -3.06. The zero-order valence-corrected chi connectivity index (χ0v) is 23.3. The Morgan fingerprint density at radius 1 is 0.846 bits per heavy atom. The highest BCUT2D eigenvalue weighted by Gasteiger charge is 2.32. The zero-order chi connectivity index (χ0) is 26.8. The van der Waals surface area contributed by atoms with Gasteiger partial charge in [-0.2, -0.15) is 0 Å². The van der Waals surface area contributed by atoms with Gasteiger partial charge in [0.15, 0.2) is 5.78 Å². The first-order valence-corrected chi connectivity index (χ1v) is 14.4. The number of fused-ring (bicyclic) bond motifs is 2. The van der Waals surface area contributed by atoms with Crippen LogP contribution in [-0.2, 0) is 6.54 Å². The fourth-order valence-electron chi connectivity index (χ4n) is 5.78. The van der Waals surface area contributed by atoms with E-state index in [9.17, 15) is 4.79 Å². The molecule has 2 aliphatic rings. The van der Waals surface area contributed by atoms with Gasteiger partial charge in [-0.15, -0.1) is 0 Å². The van der Waals surface area contributed by atoms with Crippen molar-refractivity contribution in [2.24, 2.45) is 5.92 Å². The predicted molar refractivity (Wildman–Crippen MR) is 157 cm³/mol. The Morgan fingerprint density at radius 3 is 2.31 bits per heavy atom. The van der Waals surface area contributed by atoms with E-state index in [0.29, 0.717) is 6.61 Å². The van der Waals surface area contributed by atoms with Crippen molar-refractivity contribution in [1.29, 1.82) is 0 Å². The van der Waals surface area contributed by atoms with Crippen molar-refractivity contribution in [2.45, 2.75) is 25.8 Å². The molecule has 1 saturated carbocycles. The largest absolute Gasteiger partial charge is 0.495 e. The van der Waals surface area contributed by atoms with Crippen LogP contribution in [0.4, 0.5) is 0 Å². The molecule has 3 aromatic carbocycles. The standard InChI is InChI=1S/C32H36ClN3O3/c1-38-30-9-4-8-26-27(32(37)23-10-11-23)22-36(31(26)30)15-5-14-34-16-18-35(19-17-34)20-21-39-29-13-12-28(33)24-6-2-3-7-25(24)29/h2-4,6-9,12-13,22-23H,5,10-11,14-21H2,1H3.